The first kappa shape index (κ1) is 14.1. The van der Waals surface area contributed by atoms with Crippen molar-refractivity contribution in [3.05, 3.63) is 28.2 Å². The van der Waals surface area contributed by atoms with E-state index in [2.05, 4.69) is 15.9 Å². The normalized spacial score (nSPS) is 15.5. The van der Waals surface area contributed by atoms with Gasteiger partial charge in [-0.3, -0.25) is 9.59 Å². The van der Waals surface area contributed by atoms with Gasteiger partial charge in [0.2, 0.25) is 0 Å². The number of nitrogens with zero attached hydrogens (tertiary/aromatic N) is 1. The van der Waals surface area contributed by atoms with E-state index in [1.54, 1.807) is 4.90 Å². The minimum Gasteiger partial charge on any atom is -0.484 e. The molecule has 5 heteroatoms. The lowest BCUT2D eigenvalue weighted by atomic mass is 10.1. The first-order chi connectivity index (χ1) is 9.06. The van der Waals surface area contributed by atoms with Gasteiger partial charge in [0.15, 0.2) is 6.61 Å². The molecule has 4 nitrogen and oxygen atoms in total. The fourth-order valence-electron chi connectivity index (χ4n) is 1.95. The van der Waals surface area contributed by atoms with Gasteiger partial charge in [-0.05, 0) is 30.7 Å². The number of Topliss-reactive ketones (excluding diaryl/α,β-unsaturated/α-hetero) is 1. The summed E-state index contributed by atoms with van der Waals surface area (Å²) in [6.07, 6.45) is 0.923. The van der Waals surface area contributed by atoms with Crippen LogP contribution < -0.4 is 4.74 Å². The molecule has 1 heterocycles. The molecule has 0 aliphatic carbocycles. The number of benzene rings is 1. The highest BCUT2D eigenvalue weighted by molar-refractivity contribution is 9.10. The summed E-state index contributed by atoms with van der Waals surface area (Å²) in [5, 5.41) is 0. The summed E-state index contributed by atoms with van der Waals surface area (Å²) in [6, 6.07) is 5.61. The maximum atomic E-state index is 11.9. The summed E-state index contributed by atoms with van der Waals surface area (Å²) in [5.74, 6) is 0.851. The Labute approximate surface area is 120 Å². The van der Waals surface area contributed by atoms with Gasteiger partial charge in [-0.15, -0.1) is 0 Å². The van der Waals surface area contributed by atoms with E-state index in [1.807, 2.05) is 25.1 Å². The Balaban J connectivity index is 1.86. The lowest BCUT2D eigenvalue weighted by Crippen LogP contribution is -2.41. The minimum atomic E-state index is -0.0620. The third-order valence-corrected chi connectivity index (χ3v) is 4.06. The SMILES string of the molecule is Cc1cc(OCC(=O)N2CCC(=O)CC2)ccc1Br. The fourth-order valence-corrected chi connectivity index (χ4v) is 2.20. The number of ether oxygens (including phenoxy) is 1. The topological polar surface area (TPSA) is 46.6 Å². The molecule has 19 heavy (non-hydrogen) atoms. The third-order valence-electron chi connectivity index (χ3n) is 3.17. The van der Waals surface area contributed by atoms with Crippen LogP contribution in [-0.4, -0.2) is 36.3 Å². The number of amides is 1. The molecule has 1 aliphatic heterocycles. The Morgan fingerprint density at radius 3 is 2.68 bits per heavy atom. The largest absolute Gasteiger partial charge is 0.484 e. The van der Waals surface area contributed by atoms with Crippen molar-refractivity contribution in [2.75, 3.05) is 19.7 Å². The minimum absolute atomic E-state index is 0.0231. The highest BCUT2D eigenvalue weighted by atomic mass is 79.9. The Hall–Kier alpha value is -1.36. The molecule has 0 bridgehead atoms. The quantitative estimate of drug-likeness (QED) is 0.856. The molecule has 0 atom stereocenters. The average Bonchev–Trinajstić information content (AvgIpc) is 2.40. The molecule has 1 aromatic carbocycles. The van der Waals surface area contributed by atoms with Crippen molar-refractivity contribution in [3.8, 4) is 5.75 Å². The number of halogens is 1. The van der Waals surface area contributed by atoms with Crippen LogP contribution in [0.15, 0.2) is 22.7 Å². The predicted octanol–water partition coefficient (Wildman–Crippen LogP) is 2.33. The van der Waals surface area contributed by atoms with Crippen LogP contribution in [0.5, 0.6) is 5.75 Å². The van der Waals surface area contributed by atoms with Crippen LogP contribution in [0.25, 0.3) is 0 Å². The van der Waals surface area contributed by atoms with Gasteiger partial charge >= 0.3 is 0 Å². The monoisotopic (exact) mass is 325 g/mol. The molecule has 0 saturated carbocycles. The second-order valence-corrected chi connectivity index (χ2v) is 5.47. The van der Waals surface area contributed by atoms with Crippen molar-refractivity contribution >= 4 is 27.6 Å². The van der Waals surface area contributed by atoms with E-state index in [0.717, 1.165) is 10.0 Å². The van der Waals surface area contributed by atoms with Gasteiger partial charge in [0.25, 0.3) is 5.91 Å². The zero-order valence-corrected chi connectivity index (χ0v) is 12.4. The van der Waals surface area contributed by atoms with Crippen LogP contribution in [-0.2, 0) is 9.59 Å². The molecule has 102 valence electrons. The number of carbonyl (C=O) groups excluding carboxylic acids is 2. The molecule has 0 unspecified atom stereocenters. The lowest BCUT2D eigenvalue weighted by molar-refractivity contribution is -0.136. The zero-order valence-electron chi connectivity index (χ0n) is 10.8. The fraction of sp³-hybridized carbons (Fsp3) is 0.429. The number of hydrogen-bond acceptors (Lipinski definition) is 3. The summed E-state index contributed by atoms with van der Waals surface area (Å²) in [7, 11) is 0. The first-order valence-electron chi connectivity index (χ1n) is 6.24. The Morgan fingerprint density at radius 1 is 1.37 bits per heavy atom. The molecule has 1 aliphatic rings. The van der Waals surface area contributed by atoms with Crippen LogP contribution in [0.3, 0.4) is 0 Å². The van der Waals surface area contributed by atoms with Gasteiger partial charge < -0.3 is 9.64 Å². The summed E-state index contributed by atoms with van der Waals surface area (Å²) >= 11 is 3.41. The van der Waals surface area contributed by atoms with Crippen LogP contribution >= 0.6 is 15.9 Å². The predicted molar refractivity (Wildman–Crippen MR) is 75.2 cm³/mol. The maximum absolute atomic E-state index is 11.9. The number of hydrogen-bond donors (Lipinski definition) is 0. The van der Waals surface area contributed by atoms with Gasteiger partial charge in [0.1, 0.15) is 11.5 Å². The van der Waals surface area contributed by atoms with E-state index in [0.29, 0.717) is 31.7 Å². The maximum Gasteiger partial charge on any atom is 0.260 e. The lowest BCUT2D eigenvalue weighted by Gasteiger charge is -2.25. The van der Waals surface area contributed by atoms with Gasteiger partial charge in [-0.1, -0.05) is 15.9 Å². The van der Waals surface area contributed by atoms with E-state index >= 15 is 0 Å². The third kappa shape index (κ3) is 3.80. The molecule has 1 fully saturated rings. The molecular formula is C14H16BrNO3. The second-order valence-electron chi connectivity index (χ2n) is 4.62. The molecule has 0 spiro atoms. The summed E-state index contributed by atoms with van der Waals surface area (Å²) in [4.78, 5) is 24.7. The van der Waals surface area contributed by atoms with Crippen molar-refractivity contribution in [2.24, 2.45) is 0 Å². The molecular weight excluding hydrogens is 310 g/mol. The first-order valence-corrected chi connectivity index (χ1v) is 7.04. The van der Waals surface area contributed by atoms with Crippen molar-refractivity contribution in [3.63, 3.8) is 0 Å². The smallest absolute Gasteiger partial charge is 0.260 e. The van der Waals surface area contributed by atoms with Crippen molar-refractivity contribution in [1.29, 1.82) is 0 Å². The van der Waals surface area contributed by atoms with Crippen molar-refractivity contribution in [1.82, 2.24) is 4.90 Å². The number of aryl methyl sites for hydroxylation is 1. The van der Waals surface area contributed by atoms with Gasteiger partial charge in [-0.2, -0.15) is 0 Å². The van der Waals surface area contributed by atoms with E-state index in [9.17, 15) is 9.59 Å². The van der Waals surface area contributed by atoms with Crippen LogP contribution in [0.4, 0.5) is 0 Å². The molecule has 0 radical (unpaired) electrons. The van der Waals surface area contributed by atoms with Crippen LogP contribution in [0, 0.1) is 6.92 Å². The number of likely N-dealkylation sites (tertiary alicyclic amines) is 1. The van der Waals surface area contributed by atoms with Crippen molar-refractivity contribution in [2.45, 2.75) is 19.8 Å². The number of piperidine rings is 1. The Bertz CT molecular complexity index is 491. The Kier molecular flexibility index (Phi) is 4.58. The van der Waals surface area contributed by atoms with E-state index in [1.165, 1.54) is 0 Å². The molecule has 1 aromatic rings. The molecule has 1 amide bonds. The van der Waals surface area contributed by atoms with Crippen LogP contribution in [0.1, 0.15) is 18.4 Å². The van der Waals surface area contributed by atoms with E-state index in [4.69, 9.17) is 4.74 Å². The average molecular weight is 326 g/mol. The zero-order chi connectivity index (χ0) is 13.8. The highest BCUT2D eigenvalue weighted by Crippen LogP contribution is 2.21. The van der Waals surface area contributed by atoms with Gasteiger partial charge in [-0.25, -0.2) is 0 Å². The highest BCUT2D eigenvalue weighted by Gasteiger charge is 2.20. The standard InChI is InChI=1S/C14H16BrNO3/c1-10-8-12(2-3-13(10)15)19-9-14(18)16-6-4-11(17)5-7-16/h2-3,8H,4-7,9H2,1H3. The number of rotatable bonds is 3. The molecule has 2 rings (SSSR count). The summed E-state index contributed by atoms with van der Waals surface area (Å²) in [6.45, 7) is 3.02. The molecule has 0 N–H and O–H groups in total. The van der Waals surface area contributed by atoms with E-state index in [-0.39, 0.29) is 18.3 Å². The van der Waals surface area contributed by atoms with Crippen LogP contribution in [0.2, 0.25) is 0 Å². The van der Waals surface area contributed by atoms with Gasteiger partial charge in [0, 0.05) is 30.4 Å². The van der Waals surface area contributed by atoms with Gasteiger partial charge in [0.05, 0.1) is 0 Å². The number of carbonyl (C=O) groups is 2. The molecule has 1 saturated heterocycles. The number of ketones is 1. The van der Waals surface area contributed by atoms with E-state index < -0.39 is 0 Å². The van der Waals surface area contributed by atoms with Crippen molar-refractivity contribution < 1.29 is 14.3 Å². The summed E-state index contributed by atoms with van der Waals surface area (Å²) in [5.41, 5.74) is 1.06. The second kappa shape index (κ2) is 6.19. The Morgan fingerprint density at radius 2 is 2.05 bits per heavy atom. The molecule has 0 aromatic heterocycles. The summed E-state index contributed by atoms with van der Waals surface area (Å²) < 4.78 is 6.50.